The highest BCUT2D eigenvalue weighted by atomic mass is 32.1. The summed E-state index contributed by atoms with van der Waals surface area (Å²) in [5.74, 6) is 3.31. The van der Waals surface area contributed by atoms with Gasteiger partial charge in [-0.15, -0.1) is 0 Å². The fourth-order valence-electron chi connectivity index (χ4n) is 1.86. The number of rotatable bonds is 6. The Bertz CT molecular complexity index is 526. The van der Waals surface area contributed by atoms with E-state index in [1.165, 1.54) is 13.1 Å². The maximum atomic E-state index is 13.9. The summed E-state index contributed by atoms with van der Waals surface area (Å²) in [6.45, 7) is 4.72. The van der Waals surface area contributed by atoms with Gasteiger partial charge in [0.2, 0.25) is 0 Å². The molecule has 5 N–H and O–H groups in total. The Morgan fingerprint density at radius 3 is 2.70 bits per heavy atom. The van der Waals surface area contributed by atoms with Crippen LogP contribution in [0.15, 0.2) is 31.0 Å². The summed E-state index contributed by atoms with van der Waals surface area (Å²) in [6, 6.07) is 2.79. The minimum Gasteiger partial charge on any atom is -0.393 e. The van der Waals surface area contributed by atoms with E-state index < -0.39 is 23.2 Å². The summed E-state index contributed by atoms with van der Waals surface area (Å²) >= 11 is 4.85. The minimum absolute atomic E-state index is 0.0337. The Labute approximate surface area is 121 Å². The van der Waals surface area contributed by atoms with E-state index in [2.05, 4.69) is 6.58 Å². The molecule has 20 heavy (non-hydrogen) atoms. The zero-order valence-electron chi connectivity index (χ0n) is 11.0. The van der Waals surface area contributed by atoms with Crippen LogP contribution in [0.4, 0.5) is 8.78 Å². The van der Waals surface area contributed by atoms with E-state index in [9.17, 15) is 13.9 Å². The summed E-state index contributed by atoms with van der Waals surface area (Å²) in [6.07, 6.45) is 1.24. The molecule has 4 nitrogen and oxygen atoms in total. The third kappa shape index (κ3) is 3.30. The molecule has 0 bridgehead atoms. The second-order valence-electron chi connectivity index (χ2n) is 4.53. The van der Waals surface area contributed by atoms with E-state index in [0.717, 1.165) is 23.2 Å². The van der Waals surface area contributed by atoms with Gasteiger partial charge < -0.3 is 15.8 Å². The normalized spacial score (nSPS) is 15.2. The molecule has 1 rings (SSSR count). The summed E-state index contributed by atoms with van der Waals surface area (Å²) in [5.41, 5.74) is 3.41. The van der Waals surface area contributed by atoms with Gasteiger partial charge in [-0.25, -0.2) is 14.6 Å². The second-order valence-corrected chi connectivity index (χ2v) is 5.00. The van der Waals surface area contributed by atoms with E-state index in [0.29, 0.717) is 0 Å². The molecule has 0 radical (unpaired) electrons. The van der Waals surface area contributed by atoms with Crippen LogP contribution < -0.4 is 11.6 Å². The van der Waals surface area contributed by atoms with Gasteiger partial charge in [-0.1, -0.05) is 25.7 Å². The quantitative estimate of drug-likeness (QED) is 0.421. The second kappa shape index (κ2) is 6.25. The lowest BCUT2D eigenvalue weighted by molar-refractivity contribution is -0.0181. The predicted octanol–water partition coefficient (Wildman–Crippen LogP) is 1.39. The van der Waals surface area contributed by atoms with Gasteiger partial charge in [0.1, 0.15) is 17.2 Å². The molecule has 7 heteroatoms. The van der Waals surface area contributed by atoms with Gasteiger partial charge in [0.05, 0.1) is 11.5 Å². The number of benzene rings is 1. The number of thiocarbonyl (C=S) groups is 1. The number of halogens is 2. The standard InChI is InChI=1S/C13H17F2N3OS/c1-3-18(17)7-13(19,8(2)12(16)20)10-6-9(14)4-5-11(10)15/h3-6,8,19H,1,7,17H2,2H3,(H2,16,20)/t8-,13+/m0/s1. The van der Waals surface area contributed by atoms with E-state index in [1.54, 1.807) is 0 Å². The third-order valence-corrected chi connectivity index (χ3v) is 3.55. The monoisotopic (exact) mass is 301 g/mol. The van der Waals surface area contributed by atoms with Crippen molar-refractivity contribution < 1.29 is 13.9 Å². The molecule has 2 atom stereocenters. The lowest BCUT2D eigenvalue weighted by Gasteiger charge is -2.36. The lowest BCUT2D eigenvalue weighted by atomic mass is 9.81. The maximum absolute atomic E-state index is 13.9. The number of aliphatic hydroxyl groups is 1. The molecule has 0 aliphatic rings. The van der Waals surface area contributed by atoms with Crippen LogP contribution in [-0.2, 0) is 5.60 Å². The molecular weight excluding hydrogens is 284 g/mol. The van der Waals surface area contributed by atoms with E-state index in [-0.39, 0.29) is 17.1 Å². The molecule has 0 fully saturated rings. The molecule has 0 unspecified atom stereocenters. The van der Waals surface area contributed by atoms with Crippen molar-refractivity contribution in [3.05, 3.63) is 48.2 Å². The largest absolute Gasteiger partial charge is 0.393 e. The number of hydrogen-bond acceptors (Lipinski definition) is 4. The van der Waals surface area contributed by atoms with Crippen LogP contribution >= 0.6 is 12.2 Å². The van der Waals surface area contributed by atoms with Gasteiger partial charge in [-0.05, 0) is 18.2 Å². The molecule has 0 spiro atoms. The van der Waals surface area contributed by atoms with Crippen molar-refractivity contribution in [3.63, 3.8) is 0 Å². The average molecular weight is 301 g/mol. The molecule has 1 aromatic carbocycles. The molecule has 1 aromatic rings. The van der Waals surface area contributed by atoms with Crippen LogP contribution in [0.1, 0.15) is 12.5 Å². The van der Waals surface area contributed by atoms with E-state index in [4.69, 9.17) is 23.8 Å². The first-order chi connectivity index (χ1) is 9.22. The van der Waals surface area contributed by atoms with Crippen molar-refractivity contribution in [1.82, 2.24) is 5.01 Å². The Hall–Kier alpha value is -1.57. The topological polar surface area (TPSA) is 75.5 Å². The molecule has 110 valence electrons. The summed E-state index contributed by atoms with van der Waals surface area (Å²) < 4.78 is 27.3. The number of hydrogen-bond donors (Lipinski definition) is 3. The van der Waals surface area contributed by atoms with E-state index >= 15 is 0 Å². The molecule has 0 saturated carbocycles. The van der Waals surface area contributed by atoms with Gasteiger partial charge in [-0.3, -0.25) is 0 Å². The predicted molar refractivity (Wildman–Crippen MR) is 77.3 cm³/mol. The van der Waals surface area contributed by atoms with Crippen molar-refractivity contribution in [2.45, 2.75) is 12.5 Å². The van der Waals surface area contributed by atoms with Crippen LogP contribution in [0.5, 0.6) is 0 Å². The Morgan fingerprint density at radius 2 is 2.20 bits per heavy atom. The summed E-state index contributed by atoms with van der Waals surface area (Å²) in [4.78, 5) is -0.0337. The number of nitrogens with two attached hydrogens (primary N) is 2. The highest BCUT2D eigenvalue weighted by molar-refractivity contribution is 7.80. The lowest BCUT2D eigenvalue weighted by Crippen LogP contribution is -2.50. The molecule has 0 aromatic heterocycles. The first-order valence-electron chi connectivity index (χ1n) is 5.83. The first-order valence-corrected chi connectivity index (χ1v) is 6.24. The SMILES string of the molecule is C=CN(N)C[C@](O)(c1cc(F)ccc1F)[C@@H](C)C(N)=S. The zero-order chi connectivity index (χ0) is 15.5. The Balaban J connectivity index is 3.39. The minimum atomic E-state index is -1.87. The highest BCUT2D eigenvalue weighted by Crippen LogP contribution is 2.33. The van der Waals surface area contributed by atoms with Gasteiger partial charge in [-0.2, -0.15) is 0 Å². The Kier molecular flexibility index (Phi) is 5.15. The van der Waals surface area contributed by atoms with E-state index in [1.807, 2.05) is 0 Å². The summed E-state index contributed by atoms with van der Waals surface area (Å²) in [7, 11) is 0. The van der Waals surface area contributed by atoms with Gasteiger partial charge in [0.25, 0.3) is 0 Å². The van der Waals surface area contributed by atoms with Crippen LogP contribution in [0.2, 0.25) is 0 Å². The molecule has 0 amide bonds. The fraction of sp³-hybridized carbons (Fsp3) is 0.308. The summed E-state index contributed by atoms with van der Waals surface area (Å²) in [5, 5.41) is 11.8. The highest BCUT2D eigenvalue weighted by Gasteiger charge is 2.40. The van der Waals surface area contributed by atoms with Crippen LogP contribution in [0.3, 0.4) is 0 Å². The molecule has 0 aliphatic heterocycles. The van der Waals surface area contributed by atoms with Crippen molar-refractivity contribution in [1.29, 1.82) is 0 Å². The van der Waals surface area contributed by atoms with Crippen molar-refractivity contribution in [2.24, 2.45) is 17.5 Å². The van der Waals surface area contributed by atoms with Crippen molar-refractivity contribution in [3.8, 4) is 0 Å². The van der Waals surface area contributed by atoms with Gasteiger partial charge >= 0.3 is 0 Å². The van der Waals surface area contributed by atoms with Crippen LogP contribution in [0.25, 0.3) is 0 Å². The average Bonchev–Trinajstić information content (AvgIpc) is 2.40. The third-order valence-electron chi connectivity index (χ3n) is 3.20. The molecule has 0 heterocycles. The van der Waals surface area contributed by atoms with Crippen molar-refractivity contribution >= 4 is 17.2 Å². The van der Waals surface area contributed by atoms with Crippen LogP contribution in [-0.4, -0.2) is 21.6 Å². The zero-order valence-corrected chi connectivity index (χ0v) is 11.8. The van der Waals surface area contributed by atoms with Gasteiger partial charge in [0, 0.05) is 17.7 Å². The maximum Gasteiger partial charge on any atom is 0.129 e. The molecule has 0 aliphatic carbocycles. The smallest absolute Gasteiger partial charge is 0.129 e. The van der Waals surface area contributed by atoms with Crippen molar-refractivity contribution in [2.75, 3.05) is 6.54 Å². The van der Waals surface area contributed by atoms with Crippen LogP contribution in [0, 0.1) is 17.6 Å². The first kappa shape index (κ1) is 16.5. The number of hydrazine groups is 1. The Morgan fingerprint density at radius 1 is 1.60 bits per heavy atom. The molecular formula is C13H17F2N3OS. The van der Waals surface area contributed by atoms with Gasteiger partial charge in [0.15, 0.2) is 0 Å². The fourth-order valence-corrected chi connectivity index (χ4v) is 2.06. The number of nitrogens with zero attached hydrogens (tertiary/aromatic N) is 1. The molecule has 0 saturated heterocycles.